The molecule has 0 fully saturated rings. The number of aliphatic imine (C=N–C) groups is 1. The van der Waals surface area contributed by atoms with Gasteiger partial charge in [-0.3, -0.25) is 4.99 Å². The maximum Gasteiger partial charge on any atom is 0.193 e. The topological polar surface area (TPSA) is 58.6 Å². The van der Waals surface area contributed by atoms with E-state index in [2.05, 4.69) is 46.3 Å². The molecule has 0 aliphatic rings. The number of ether oxygens (including phenoxy) is 3. The Morgan fingerprint density at radius 1 is 0.935 bits per heavy atom. The predicted molar refractivity (Wildman–Crippen MR) is 137 cm³/mol. The Hall–Kier alpha value is -2.20. The van der Waals surface area contributed by atoms with Gasteiger partial charge in [0, 0.05) is 38.8 Å². The maximum atomic E-state index is 5.52. The average molecular weight is 542 g/mol. The predicted octanol–water partition coefficient (Wildman–Crippen LogP) is 3.64. The molecule has 2 aromatic rings. The molecule has 0 radical (unpaired) electrons. The molecule has 0 aliphatic heterocycles. The Bertz CT molecular complexity index is 828. The van der Waals surface area contributed by atoms with E-state index in [1.54, 1.807) is 28.4 Å². The molecule has 0 saturated carbocycles. The van der Waals surface area contributed by atoms with Gasteiger partial charge in [-0.05, 0) is 43.9 Å². The molecule has 0 spiro atoms. The maximum absolute atomic E-state index is 5.52. The van der Waals surface area contributed by atoms with Crippen molar-refractivity contribution < 1.29 is 14.2 Å². The van der Waals surface area contributed by atoms with Gasteiger partial charge < -0.3 is 29.3 Å². The third-order valence-electron chi connectivity index (χ3n) is 5.05. The highest BCUT2D eigenvalue weighted by Crippen LogP contribution is 2.25. The highest BCUT2D eigenvalue weighted by atomic mass is 127. The van der Waals surface area contributed by atoms with Gasteiger partial charge in [-0.25, -0.2) is 0 Å². The molecule has 2 rings (SSSR count). The number of likely N-dealkylation sites (N-methyl/N-ethyl adjacent to an activating group) is 1. The van der Waals surface area contributed by atoms with Gasteiger partial charge in [-0.1, -0.05) is 12.1 Å². The number of rotatable bonds is 9. The van der Waals surface area contributed by atoms with Crippen molar-refractivity contribution in [1.82, 2.24) is 15.1 Å². The van der Waals surface area contributed by atoms with Crippen LogP contribution < -0.4 is 19.5 Å². The van der Waals surface area contributed by atoms with Crippen LogP contribution in [0.25, 0.3) is 0 Å². The fourth-order valence-electron chi connectivity index (χ4n) is 3.31. The Kier molecular flexibility index (Phi) is 11.5. The van der Waals surface area contributed by atoms with Crippen LogP contribution in [0.1, 0.15) is 17.2 Å². The Morgan fingerprint density at radius 3 is 2.06 bits per heavy atom. The first-order chi connectivity index (χ1) is 14.4. The van der Waals surface area contributed by atoms with E-state index in [4.69, 9.17) is 14.2 Å². The first-order valence-electron chi connectivity index (χ1n) is 9.86. The largest absolute Gasteiger partial charge is 0.497 e. The van der Waals surface area contributed by atoms with E-state index in [-0.39, 0.29) is 30.0 Å². The minimum absolute atomic E-state index is 0. The van der Waals surface area contributed by atoms with Crippen LogP contribution in [-0.4, -0.2) is 71.8 Å². The van der Waals surface area contributed by atoms with Crippen LogP contribution in [0, 0.1) is 0 Å². The van der Waals surface area contributed by atoms with Gasteiger partial charge in [-0.2, -0.15) is 0 Å². The van der Waals surface area contributed by atoms with Crippen LogP contribution in [0.2, 0.25) is 0 Å². The molecule has 1 unspecified atom stereocenters. The summed E-state index contributed by atoms with van der Waals surface area (Å²) in [6.07, 6.45) is 0. The summed E-state index contributed by atoms with van der Waals surface area (Å²) in [5.74, 6) is 3.23. The monoisotopic (exact) mass is 542 g/mol. The van der Waals surface area contributed by atoms with Gasteiger partial charge in [0.1, 0.15) is 17.2 Å². The summed E-state index contributed by atoms with van der Waals surface area (Å²) >= 11 is 0. The van der Waals surface area contributed by atoms with Crippen molar-refractivity contribution in [3.8, 4) is 17.2 Å². The Labute approximate surface area is 203 Å². The molecule has 0 aromatic heterocycles. The standard InChI is InChI=1S/C23H34N4O3.HI/c1-24-23(27(4)16-18-10-13-20(29-6)14-22(18)30-7)25-15-21(26(2)3)17-8-11-19(28-5)12-9-17;/h8-14,21H,15-16H2,1-7H3,(H,24,25);1H. The zero-order valence-electron chi connectivity index (χ0n) is 19.5. The summed E-state index contributed by atoms with van der Waals surface area (Å²) in [5.41, 5.74) is 2.27. The van der Waals surface area contributed by atoms with Gasteiger partial charge >= 0.3 is 0 Å². The van der Waals surface area contributed by atoms with Crippen LogP contribution in [0.3, 0.4) is 0 Å². The quantitative estimate of drug-likeness (QED) is 0.297. The molecule has 2 aromatic carbocycles. The minimum Gasteiger partial charge on any atom is -0.497 e. The summed E-state index contributed by atoms with van der Waals surface area (Å²) in [6, 6.07) is 14.2. The number of hydrogen-bond donors (Lipinski definition) is 1. The number of benzene rings is 2. The summed E-state index contributed by atoms with van der Waals surface area (Å²) in [6.45, 7) is 1.37. The SMILES string of the molecule is CN=C(NCC(c1ccc(OC)cc1)N(C)C)N(C)Cc1ccc(OC)cc1OC.I. The molecule has 0 amide bonds. The molecule has 8 heteroatoms. The number of halogens is 1. The van der Waals surface area contributed by atoms with Crippen LogP contribution in [0.5, 0.6) is 17.2 Å². The smallest absolute Gasteiger partial charge is 0.193 e. The lowest BCUT2D eigenvalue weighted by Crippen LogP contribution is -2.42. The fourth-order valence-corrected chi connectivity index (χ4v) is 3.31. The van der Waals surface area contributed by atoms with Crippen molar-refractivity contribution in [1.29, 1.82) is 0 Å². The van der Waals surface area contributed by atoms with Gasteiger partial charge in [0.2, 0.25) is 0 Å². The highest BCUT2D eigenvalue weighted by molar-refractivity contribution is 14.0. The molecule has 7 nitrogen and oxygen atoms in total. The first-order valence-corrected chi connectivity index (χ1v) is 9.86. The molecular weight excluding hydrogens is 507 g/mol. The van der Waals surface area contributed by atoms with E-state index >= 15 is 0 Å². The number of methoxy groups -OCH3 is 3. The first kappa shape index (κ1) is 26.8. The lowest BCUT2D eigenvalue weighted by molar-refractivity contribution is 0.295. The summed E-state index contributed by atoms with van der Waals surface area (Å²) in [7, 11) is 12.9. The zero-order valence-corrected chi connectivity index (χ0v) is 21.8. The second-order valence-electron chi connectivity index (χ2n) is 7.21. The third-order valence-corrected chi connectivity index (χ3v) is 5.05. The second-order valence-corrected chi connectivity index (χ2v) is 7.21. The number of guanidine groups is 1. The summed E-state index contributed by atoms with van der Waals surface area (Å²) < 4.78 is 16.1. The normalized spacial score (nSPS) is 12.1. The molecule has 172 valence electrons. The van der Waals surface area contributed by atoms with Crippen molar-refractivity contribution in [2.24, 2.45) is 4.99 Å². The van der Waals surface area contributed by atoms with Crippen molar-refractivity contribution >= 4 is 29.9 Å². The molecule has 0 aliphatic carbocycles. The summed E-state index contributed by atoms with van der Waals surface area (Å²) in [5, 5.41) is 3.50. The summed E-state index contributed by atoms with van der Waals surface area (Å²) in [4.78, 5) is 8.72. The van der Waals surface area contributed by atoms with E-state index in [1.807, 2.05) is 37.4 Å². The lowest BCUT2D eigenvalue weighted by atomic mass is 10.1. The van der Waals surface area contributed by atoms with Crippen molar-refractivity contribution in [3.05, 3.63) is 53.6 Å². The Balaban J connectivity index is 0.00000480. The van der Waals surface area contributed by atoms with Crippen LogP contribution >= 0.6 is 24.0 Å². The van der Waals surface area contributed by atoms with Gasteiger partial charge in [0.05, 0.1) is 27.4 Å². The molecule has 31 heavy (non-hydrogen) atoms. The molecule has 0 saturated heterocycles. The highest BCUT2D eigenvalue weighted by Gasteiger charge is 2.17. The van der Waals surface area contributed by atoms with Crippen molar-refractivity contribution in [2.75, 3.05) is 56.1 Å². The zero-order chi connectivity index (χ0) is 22.1. The molecule has 1 N–H and O–H groups in total. The van der Waals surface area contributed by atoms with Gasteiger partial charge in [-0.15, -0.1) is 24.0 Å². The Morgan fingerprint density at radius 2 is 1.55 bits per heavy atom. The van der Waals surface area contributed by atoms with Gasteiger partial charge in [0.25, 0.3) is 0 Å². The molecular formula is C23H35IN4O3. The minimum atomic E-state index is 0. The average Bonchev–Trinajstić information content (AvgIpc) is 2.76. The van der Waals surface area contributed by atoms with E-state index < -0.39 is 0 Å². The second kappa shape index (κ2) is 13.3. The van der Waals surface area contributed by atoms with Crippen LogP contribution in [0.15, 0.2) is 47.5 Å². The molecule has 1 atom stereocenters. The van der Waals surface area contributed by atoms with Crippen LogP contribution in [0.4, 0.5) is 0 Å². The number of hydrogen-bond acceptors (Lipinski definition) is 5. The number of nitrogens with one attached hydrogen (secondary N) is 1. The van der Waals surface area contributed by atoms with E-state index in [0.29, 0.717) is 6.54 Å². The third kappa shape index (κ3) is 7.46. The number of nitrogens with zero attached hydrogens (tertiary/aromatic N) is 3. The fraction of sp³-hybridized carbons (Fsp3) is 0.435. The van der Waals surface area contributed by atoms with Crippen LogP contribution in [-0.2, 0) is 6.54 Å². The van der Waals surface area contributed by atoms with Crippen molar-refractivity contribution in [3.63, 3.8) is 0 Å². The molecule has 0 bridgehead atoms. The van der Waals surface area contributed by atoms with E-state index in [0.717, 1.165) is 35.3 Å². The van der Waals surface area contributed by atoms with Crippen molar-refractivity contribution in [2.45, 2.75) is 12.6 Å². The van der Waals surface area contributed by atoms with Gasteiger partial charge in [0.15, 0.2) is 5.96 Å². The van der Waals surface area contributed by atoms with E-state index in [9.17, 15) is 0 Å². The lowest BCUT2D eigenvalue weighted by Gasteiger charge is -2.29. The van der Waals surface area contributed by atoms with E-state index in [1.165, 1.54) is 5.56 Å². The molecule has 0 heterocycles.